The number of anilines is 3. The number of nitrogens with one attached hydrogen (secondary N) is 3. The van der Waals surface area contributed by atoms with Gasteiger partial charge in [0.25, 0.3) is 0 Å². The lowest BCUT2D eigenvalue weighted by atomic mass is 9.81. The monoisotopic (exact) mass is 540 g/mol. The first kappa shape index (κ1) is 28.1. The van der Waals surface area contributed by atoms with Crippen molar-refractivity contribution in [2.45, 2.75) is 62.3 Å². The Labute approximate surface area is 235 Å². The van der Waals surface area contributed by atoms with Gasteiger partial charge in [0.1, 0.15) is 5.03 Å². The molecule has 0 saturated carbocycles. The van der Waals surface area contributed by atoms with E-state index in [1.807, 2.05) is 42.5 Å². The summed E-state index contributed by atoms with van der Waals surface area (Å²) in [6, 6.07) is 19.6. The Morgan fingerprint density at radius 3 is 2.23 bits per heavy atom. The van der Waals surface area contributed by atoms with Gasteiger partial charge >= 0.3 is 6.03 Å². The van der Waals surface area contributed by atoms with Crippen molar-refractivity contribution in [3.05, 3.63) is 84.2 Å². The first-order valence-electron chi connectivity index (χ1n) is 12.9. The third-order valence-electron chi connectivity index (χ3n) is 6.19. The van der Waals surface area contributed by atoms with E-state index in [0.717, 1.165) is 32.4 Å². The van der Waals surface area contributed by atoms with Gasteiger partial charge in [0, 0.05) is 41.3 Å². The van der Waals surface area contributed by atoms with Crippen LogP contribution in [0.2, 0.25) is 0 Å². The lowest BCUT2D eigenvalue weighted by Crippen LogP contribution is -2.24. The summed E-state index contributed by atoms with van der Waals surface area (Å²) in [6.07, 6.45) is 3.50. The normalized spacial score (nSPS) is 11.7. The van der Waals surface area contributed by atoms with Crippen molar-refractivity contribution in [3.63, 3.8) is 0 Å². The Balaban J connectivity index is 1.48. The van der Waals surface area contributed by atoms with E-state index < -0.39 is 0 Å². The molecule has 0 spiro atoms. The van der Waals surface area contributed by atoms with E-state index in [4.69, 9.17) is 0 Å². The van der Waals surface area contributed by atoms with Crippen LogP contribution >= 0.6 is 11.8 Å². The number of amides is 2. The van der Waals surface area contributed by atoms with Gasteiger partial charge < -0.3 is 16.0 Å². The average molecular weight is 541 g/mol. The predicted octanol–water partition coefficient (Wildman–Crippen LogP) is 7.97. The molecule has 0 radical (unpaired) electrons. The van der Waals surface area contributed by atoms with Crippen LogP contribution in [0.5, 0.6) is 0 Å². The third kappa shape index (κ3) is 7.15. The van der Waals surface area contributed by atoms with Gasteiger partial charge in [0.2, 0.25) is 5.95 Å². The number of carbonyl (C=O) groups is 1. The highest BCUT2D eigenvalue weighted by Crippen LogP contribution is 2.35. The number of nitrogens with zero attached hydrogens (tertiary/aromatic N) is 3. The lowest BCUT2D eigenvalue weighted by Gasteiger charge is -2.27. The summed E-state index contributed by atoms with van der Waals surface area (Å²) in [5.41, 5.74) is 5.39. The van der Waals surface area contributed by atoms with Crippen LogP contribution in [0.15, 0.2) is 83.0 Å². The topological polar surface area (TPSA) is 91.8 Å². The van der Waals surface area contributed by atoms with Crippen molar-refractivity contribution in [2.75, 3.05) is 23.0 Å². The van der Waals surface area contributed by atoms with Crippen LogP contribution in [0.25, 0.3) is 11.3 Å². The zero-order valence-corrected chi connectivity index (χ0v) is 24.4. The van der Waals surface area contributed by atoms with Gasteiger partial charge in [0.15, 0.2) is 0 Å². The van der Waals surface area contributed by atoms with Crippen molar-refractivity contribution in [1.29, 1.82) is 0 Å². The van der Waals surface area contributed by atoms with Crippen LogP contribution in [-0.2, 0) is 10.8 Å². The Bertz CT molecular complexity index is 1460. The zero-order valence-electron chi connectivity index (χ0n) is 23.6. The Morgan fingerprint density at radius 1 is 0.821 bits per heavy atom. The number of carbonyl (C=O) groups excluding carboxylic acids is 1. The van der Waals surface area contributed by atoms with E-state index in [1.54, 1.807) is 31.2 Å². The van der Waals surface area contributed by atoms with E-state index in [2.05, 4.69) is 90.6 Å². The van der Waals surface area contributed by atoms with Crippen LogP contribution in [0, 0.1) is 0 Å². The van der Waals surface area contributed by atoms with Crippen molar-refractivity contribution in [1.82, 2.24) is 15.0 Å². The van der Waals surface area contributed by atoms with Crippen molar-refractivity contribution >= 4 is 35.1 Å². The minimum Gasteiger partial charge on any atom is -0.357 e. The van der Waals surface area contributed by atoms with Gasteiger partial charge in [-0.3, -0.25) is 0 Å². The van der Waals surface area contributed by atoms with E-state index in [1.165, 1.54) is 5.56 Å². The number of hydrogen-bond donors (Lipinski definition) is 3. The molecule has 202 valence electrons. The Hall–Kier alpha value is -3.91. The van der Waals surface area contributed by atoms with Crippen molar-refractivity contribution in [3.8, 4) is 11.3 Å². The van der Waals surface area contributed by atoms with Crippen molar-refractivity contribution in [2.24, 2.45) is 0 Å². The van der Waals surface area contributed by atoms with Crippen molar-refractivity contribution < 1.29 is 4.79 Å². The number of hydrogen-bond acceptors (Lipinski definition) is 6. The second-order valence-electron chi connectivity index (χ2n) is 11.3. The van der Waals surface area contributed by atoms with E-state index >= 15 is 0 Å². The molecule has 4 aromatic rings. The molecule has 0 fully saturated rings. The van der Waals surface area contributed by atoms with Gasteiger partial charge in [0.05, 0.1) is 5.69 Å². The predicted molar refractivity (Wildman–Crippen MR) is 162 cm³/mol. The average Bonchev–Trinajstić information content (AvgIpc) is 2.89. The van der Waals surface area contributed by atoms with Crippen LogP contribution in [0.1, 0.15) is 52.7 Å². The molecule has 8 heteroatoms. The van der Waals surface area contributed by atoms with Crippen LogP contribution < -0.4 is 16.0 Å². The second-order valence-corrected chi connectivity index (χ2v) is 12.4. The lowest BCUT2D eigenvalue weighted by molar-refractivity contribution is 0.262. The van der Waals surface area contributed by atoms with Gasteiger partial charge in [-0.05, 0) is 70.5 Å². The highest BCUT2D eigenvalue weighted by Gasteiger charge is 2.22. The molecule has 0 bridgehead atoms. The van der Waals surface area contributed by atoms with Crippen LogP contribution in [0.3, 0.4) is 0 Å². The van der Waals surface area contributed by atoms with E-state index in [9.17, 15) is 4.79 Å². The summed E-state index contributed by atoms with van der Waals surface area (Å²) in [6.45, 7) is 13.0. The fourth-order valence-corrected chi connectivity index (χ4v) is 4.96. The number of rotatable bonds is 6. The SMILES string of the molecule is CNc1nccc(-c2cccnc2Sc2ccc(NC(=O)Nc3cc(C(C)(C)C)ccc3C(C)(C)C)cc2)n1. The molecule has 3 N–H and O–H groups in total. The molecule has 0 unspecified atom stereocenters. The third-order valence-corrected chi connectivity index (χ3v) is 7.22. The van der Waals surface area contributed by atoms with Gasteiger partial charge in [-0.2, -0.15) is 0 Å². The highest BCUT2D eigenvalue weighted by molar-refractivity contribution is 7.99. The van der Waals surface area contributed by atoms with Gasteiger partial charge in [-0.15, -0.1) is 0 Å². The highest BCUT2D eigenvalue weighted by atomic mass is 32.2. The number of benzene rings is 2. The molecule has 0 aliphatic carbocycles. The molecule has 0 aliphatic heterocycles. The molecule has 2 aromatic heterocycles. The molecule has 2 heterocycles. The standard InChI is InChI=1S/C31H36N6OS/c1-30(2,3)20-10-15-24(31(4,5)6)26(19-20)37-29(38)35-21-11-13-22(14-12-21)39-27-23(9-8-17-33-27)25-16-18-34-28(32-7)36-25/h8-19H,1-7H3,(H,32,34,36)(H2,35,37,38). The second kappa shape index (κ2) is 11.5. The largest absolute Gasteiger partial charge is 0.357 e. The van der Waals surface area contributed by atoms with Gasteiger partial charge in [-0.25, -0.2) is 19.7 Å². The smallest absolute Gasteiger partial charge is 0.323 e. The number of aromatic nitrogens is 3. The molecular weight excluding hydrogens is 504 g/mol. The van der Waals surface area contributed by atoms with Gasteiger partial charge in [-0.1, -0.05) is 65.4 Å². The fraction of sp³-hybridized carbons (Fsp3) is 0.290. The molecular formula is C31H36N6OS. The fourth-order valence-electron chi connectivity index (χ4n) is 4.07. The molecule has 2 aromatic carbocycles. The summed E-state index contributed by atoms with van der Waals surface area (Å²) in [5, 5.41) is 9.87. The minimum absolute atomic E-state index is 0.0209. The van der Waals surface area contributed by atoms with Crippen LogP contribution in [-0.4, -0.2) is 28.0 Å². The maximum atomic E-state index is 13.0. The molecule has 39 heavy (non-hydrogen) atoms. The summed E-state index contributed by atoms with van der Waals surface area (Å²) < 4.78 is 0. The molecule has 7 nitrogen and oxygen atoms in total. The Morgan fingerprint density at radius 2 is 1.56 bits per heavy atom. The summed E-state index contributed by atoms with van der Waals surface area (Å²) in [4.78, 5) is 27.3. The molecule has 0 aliphatic rings. The quantitative estimate of drug-likeness (QED) is 0.230. The number of pyridine rings is 1. The molecule has 0 saturated heterocycles. The first-order chi connectivity index (χ1) is 18.4. The van der Waals surface area contributed by atoms with E-state index in [-0.39, 0.29) is 16.9 Å². The maximum Gasteiger partial charge on any atom is 0.323 e. The molecule has 4 rings (SSSR count). The summed E-state index contributed by atoms with van der Waals surface area (Å²) in [5.74, 6) is 0.556. The maximum absolute atomic E-state index is 13.0. The van der Waals surface area contributed by atoms with E-state index in [0.29, 0.717) is 11.6 Å². The molecule has 0 atom stereocenters. The summed E-state index contributed by atoms with van der Waals surface area (Å²) >= 11 is 1.54. The zero-order chi connectivity index (χ0) is 28.2. The minimum atomic E-state index is -0.275. The summed E-state index contributed by atoms with van der Waals surface area (Å²) in [7, 11) is 1.79. The van der Waals surface area contributed by atoms with Crippen LogP contribution in [0.4, 0.5) is 22.1 Å². The molecule has 2 amide bonds. The Kier molecular flexibility index (Phi) is 8.25. The first-order valence-corrected chi connectivity index (χ1v) is 13.7. The number of urea groups is 1.